The number of benzene rings is 3. The van der Waals surface area contributed by atoms with Gasteiger partial charge in [-0.1, -0.05) is 67.1 Å². The average molecular weight is 616 g/mol. The number of carbonyl (C=O) groups is 2. The highest BCUT2D eigenvalue weighted by molar-refractivity contribution is 7.92. The summed E-state index contributed by atoms with van der Waals surface area (Å²) in [6, 6.07) is 19.4. The third-order valence-corrected chi connectivity index (χ3v) is 8.55. The van der Waals surface area contributed by atoms with Crippen molar-refractivity contribution in [2.75, 3.05) is 17.1 Å². The standard InChI is InChI=1S/C32H39ClFN3O4S/c1-5-24(3)35-32(39)30(20-25-10-7-6-8-11-25)36(22-26-14-17-28(34)18-15-26)31(38)12-9-19-37(42(4,40)41)29-21-27(33)16-13-23(29)2/h6-8,10-11,13-18,21,24,30H,5,9,12,19-20,22H2,1-4H3,(H,35,39)/t24-,30+/m1/s1. The van der Waals surface area contributed by atoms with Crippen molar-refractivity contribution < 1.29 is 22.4 Å². The number of amides is 2. The second-order valence-electron chi connectivity index (χ2n) is 10.5. The van der Waals surface area contributed by atoms with E-state index in [1.165, 1.54) is 21.3 Å². The maximum Gasteiger partial charge on any atom is 0.243 e. The number of halogens is 2. The highest BCUT2D eigenvalue weighted by Crippen LogP contribution is 2.27. The van der Waals surface area contributed by atoms with E-state index in [4.69, 9.17) is 11.6 Å². The third-order valence-electron chi connectivity index (χ3n) is 7.13. The Morgan fingerprint density at radius 2 is 1.67 bits per heavy atom. The molecule has 0 bridgehead atoms. The molecule has 2 atom stereocenters. The molecule has 1 N–H and O–H groups in total. The number of hydrogen-bond acceptors (Lipinski definition) is 4. The molecular weight excluding hydrogens is 577 g/mol. The van der Waals surface area contributed by atoms with E-state index in [9.17, 15) is 22.4 Å². The third kappa shape index (κ3) is 9.56. The molecule has 3 aromatic rings. The van der Waals surface area contributed by atoms with Crippen LogP contribution in [0.25, 0.3) is 0 Å². The molecule has 7 nitrogen and oxygen atoms in total. The second kappa shape index (κ2) is 15.2. The van der Waals surface area contributed by atoms with Gasteiger partial charge in [-0.3, -0.25) is 13.9 Å². The fourth-order valence-corrected chi connectivity index (χ4v) is 5.80. The summed E-state index contributed by atoms with van der Waals surface area (Å²) in [7, 11) is -3.66. The van der Waals surface area contributed by atoms with E-state index in [1.54, 1.807) is 37.3 Å². The van der Waals surface area contributed by atoms with E-state index in [2.05, 4.69) is 5.32 Å². The minimum Gasteiger partial charge on any atom is -0.352 e. The lowest BCUT2D eigenvalue weighted by Crippen LogP contribution is -2.52. The first-order chi connectivity index (χ1) is 19.9. The molecule has 0 heterocycles. The van der Waals surface area contributed by atoms with Crippen molar-refractivity contribution in [3.63, 3.8) is 0 Å². The molecule has 2 amide bonds. The average Bonchev–Trinajstić information content (AvgIpc) is 2.95. The molecule has 10 heteroatoms. The number of carbonyl (C=O) groups excluding carboxylic acids is 2. The molecule has 0 spiro atoms. The zero-order chi connectivity index (χ0) is 30.9. The van der Waals surface area contributed by atoms with Gasteiger partial charge in [0, 0.05) is 37.0 Å². The molecule has 0 aliphatic carbocycles. The second-order valence-corrected chi connectivity index (χ2v) is 12.9. The summed E-state index contributed by atoms with van der Waals surface area (Å²) in [6.07, 6.45) is 2.33. The van der Waals surface area contributed by atoms with Crippen LogP contribution in [0.2, 0.25) is 5.02 Å². The van der Waals surface area contributed by atoms with Crippen molar-refractivity contribution >= 4 is 39.1 Å². The normalized spacial score (nSPS) is 12.8. The quantitative estimate of drug-likeness (QED) is 0.245. The molecule has 0 radical (unpaired) electrons. The molecule has 0 aromatic heterocycles. The van der Waals surface area contributed by atoms with Crippen LogP contribution in [0.5, 0.6) is 0 Å². The highest BCUT2D eigenvalue weighted by Gasteiger charge is 2.31. The van der Waals surface area contributed by atoms with Gasteiger partial charge in [0.05, 0.1) is 11.9 Å². The SMILES string of the molecule is CC[C@@H](C)NC(=O)[C@H](Cc1ccccc1)N(Cc1ccc(F)cc1)C(=O)CCCN(c1cc(Cl)ccc1C)S(C)(=O)=O. The minimum atomic E-state index is -3.66. The number of aryl methyl sites for hydroxylation is 1. The predicted molar refractivity (Wildman–Crippen MR) is 166 cm³/mol. The largest absolute Gasteiger partial charge is 0.352 e. The van der Waals surface area contributed by atoms with Crippen LogP contribution in [0.4, 0.5) is 10.1 Å². The molecule has 0 aliphatic rings. The Morgan fingerprint density at radius 1 is 1.00 bits per heavy atom. The van der Waals surface area contributed by atoms with Crippen molar-refractivity contribution in [2.45, 2.75) is 65.1 Å². The molecule has 42 heavy (non-hydrogen) atoms. The van der Waals surface area contributed by atoms with Crippen LogP contribution in [0, 0.1) is 12.7 Å². The van der Waals surface area contributed by atoms with E-state index in [0.717, 1.165) is 23.8 Å². The molecule has 3 aromatic carbocycles. The number of sulfonamides is 1. The Labute approximate surface area is 253 Å². The number of hydrogen-bond donors (Lipinski definition) is 1. The summed E-state index contributed by atoms with van der Waals surface area (Å²) in [4.78, 5) is 29.0. The van der Waals surface area contributed by atoms with E-state index in [-0.39, 0.29) is 50.2 Å². The molecule has 0 saturated heterocycles. The Hall–Kier alpha value is -3.43. The number of nitrogens with one attached hydrogen (secondary N) is 1. The van der Waals surface area contributed by atoms with Crippen LogP contribution < -0.4 is 9.62 Å². The van der Waals surface area contributed by atoms with E-state index < -0.39 is 21.9 Å². The van der Waals surface area contributed by atoms with E-state index in [1.807, 2.05) is 44.2 Å². The van der Waals surface area contributed by atoms with Gasteiger partial charge in [-0.25, -0.2) is 12.8 Å². The highest BCUT2D eigenvalue weighted by atomic mass is 35.5. The Kier molecular flexibility index (Phi) is 11.9. The zero-order valence-electron chi connectivity index (χ0n) is 24.5. The van der Waals surface area contributed by atoms with Gasteiger partial charge in [-0.05, 0) is 67.6 Å². The molecule has 0 unspecified atom stereocenters. The fourth-order valence-electron chi connectivity index (χ4n) is 4.62. The first-order valence-electron chi connectivity index (χ1n) is 14.0. The fraction of sp³-hybridized carbons (Fsp3) is 0.375. The summed E-state index contributed by atoms with van der Waals surface area (Å²) in [5.41, 5.74) is 2.75. The van der Waals surface area contributed by atoms with Crippen molar-refractivity contribution in [1.29, 1.82) is 0 Å². The van der Waals surface area contributed by atoms with Crippen molar-refractivity contribution in [3.8, 4) is 0 Å². The van der Waals surface area contributed by atoms with Crippen molar-refractivity contribution in [3.05, 3.63) is 100 Å². The minimum absolute atomic E-state index is 0.00523. The summed E-state index contributed by atoms with van der Waals surface area (Å²) in [5, 5.41) is 3.42. The van der Waals surface area contributed by atoms with Gasteiger partial charge in [0.1, 0.15) is 11.9 Å². The summed E-state index contributed by atoms with van der Waals surface area (Å²) in [6.45, 7) is 5.81. The van der Waals surface area contributed by atoms with Crippen molar-refractivity contribution in [2.24, 2.45) is 0 Å². The molecule has 0 saturated carbocycles. The Morgan fingerprint density at radius 3 is 2.29 bits per heavy atom. The molecular formula is C32H39ClFN3O4S. The van der Waals surface area contributed by atoms with Crippen LogP contribution in [0.3, 0.4) is 0 Å². The number of rotatable bonds is 14. The van der Waals surface area contributed by atoms with Gasteiger partial charge < -0.3 is 10.2 Å². The maximum absolute atomic E-state index is 13.9. The van der Waals surface area contributed by atoms with Crippen LogP contribution in [0.1, 0.15) is 49.8 Å². The van der Waals surface area contributed by atoms with Gasteiger partial charge in [-0.15, -0.1) is 0 Å². The Balaban J connectivity index is 1.90. The van der Waals surface area contributed by atoms with Gasteiger partial charge in [0.25, 0.3) is 0 Å². The lowest BCUT2D eigenvalue weighted by Gasteiger charge is -2.33. The van der Waals surface area contributed by atoms with Gasteiger partial charge in [-0.2, -0.15) is 0 Å². The lowest BCUT2D eigenvalue weighted by atomic mass is 10.0. The number of anilines is 1. The van der Waals surface area contributed by atoms with Crippen LogP contribution in [-0.4, -0.2) is 50.0 Å². The first kappa shape index (κ1) is 33.1. The topological polar surface area (TPSA) is 86.8 Å². The molecule has 226 valence electrons. The molecule has 0 aliphatic heterocycles. The lowest BCUT2D eigenvalue weighted by molar-refractivity contribution is -0.141. The van der Waals surface area contributed by atoms with Gasteiger partial charge >= 0.3 is 0 Å². The van der Waals surface area contributed by atoms with Crippen LogP contribution >= 0.6 is 11.6 Å². The predicted octanol–water partition coefficient (Wildman–Crippen LogP) is 5.89. The first-order valence-corrected chi connectivity index (χ1v) is 16.2. The number of nitrogens with zero attached hydrogens (tertiary/aromatic N) is 2. The van der Waals surface area contributed by atoms with Crippen LogP contribution in [0.15, 0.2) is 72.8 Å². The summed E-state index contributed by atoms with van der Waals surface area (Å²) >= 11 is 6.16. The van der Waals surface area contributed by atoms with Crippen molar-refractivity contribution in [1.82, 2.24) is 10.2 Å². The van der Waals surface area contributed by atoms with Gasteiger partial charge in [0.2, 0.25) is 21.8 Å². The van der Waals surface area contributed by atoms with Crippen LogP contribution in [-0.2, 0) is 32.6 Å². The van der Waals surface area contributed by atoms with E-state index >= 15 is 0 Å². The van der Waals surface area contributed by atoms with E-state index in [0.29, 0.717) is 16.3 Å². The monoisotopic (exact) mass is 615 g/mol. The smallest absolute Gasteiger partial charge is 0.243 e. The Bertz CT molecular complexity index is 1450. The zero-order valence-corrected chi connectivity index (χ0v) is 26.1. The maximum atomic E-state index is 13.9. The molecule has 3 rings (SSSR count). The summed E-state index contributed by atoms with van der Waals surface area (Å²) in [5.74, 6) is -0.990. The molecule has 0 fully saturated rings. The summed E-state index contributed by atoms with van der Waals surface area (Å²) < 4.78 is 40.3. The van der Waals surface area contributed by atoms with Gasteiger partial charge in [0.15, 0.2) is 0 Å².